The van der Waals surface area contributed by atoms with Crippen LogP contribution in [0.1, 0.15) is 83.7 Å². The van der Waals surface area contributed by atoms with Crippen molar-refractivity contribution in [2.75, 3.05) is 5.32 Å². The number of hydrogen-bond acceptors (Lipinski definition) is 5. The van der Waals surface area contributed by atoms with Crippen LogP contribution in [-0.2, 0) is 14.3 Å². The predicted molar refractivity (Wildman–Crippen MR) is 137 cm³/mol. The van der Waals surface area contributed by atoms with Gasteiger partial charge in [0.2, 0.25) is 0 Å². The molecule has 0 spiro atoms. The molecule has 0 saturated heterocycles. The number of halogens is 1. The molecule has 1 N–H and O–H groups in total. The molecule has 186 valence electrons. The number of amides is 1. The van der Waals surface area contributed by atoms with Crippen LogP contribution < -0.4 is 5.32 Å². The Morgan fingerprint density at radius 3 is 2.22 bits per heavy atom. The molecule has 4 fully saturated rings. The second-order valence-electron chi connectivity index (χ2n) is 11.4. The van der Waals surface area contributed by atoms with E-state index >= 15 is 0 Å². The number of ether oxygens (including phenoxy) is 1. The summed E-state index contributed by atoms with van der Waals surface area (Å²) in [6.07, 6.45) is 6.16. The summed E-state index contributed by atoms with van der Waals surface area (Å²) in [7, 11) is 0. The van der Waals surface area contributed by atoms with Crippen molar-refractivity contribution in [3.05, 3.63) is 64.7 Å². The third-order valence-electron chi connectivity index (χ3n) is 8.50. The monoisotopic (exact) mass is 549 g/mol. The number of anilines is 1. The largest absolute Gasteiger partial charge is 0.453 e. The van der Waals surface area contributed by atoms with E-state index in [1.54, 1.807) is 43.3 Å². The highest BCUT2D eigenvalue weighted by Crippen LogP contribution is 2.65. The number of carbonyl (C=O) groups is 4. The number of hydrogen-bond donors (Lipinski definition) is 1. The fraction of sp³-hybridized carbons (Fsp3) is 0.448. The number of benzene rings is 2. The summed E-state index contributed by atoms with van der Waals surface area (Å²) in [5.41, 5.74) is 1.67. The molecule has 0 radical (unpaired) electrons. The van der Waals surface area contributed by atoms with Crippen molar-refractivity contribution in [2.45, 2.75) is 62.3 Å². The molecule has 6 nitrogen and oxygen atoms in total. The molecule has 3 atom stereocenters. The van der Waals surface area contributed by atoms with Crippen molar-refractivity contribution in [3.63, 3.8) is 0 Å². The van der Waals surface area contributed by atoms with Crippen LogP contribution in [0, 0.1) is 17.3 Å². The summed E-state index contributed by atoms with van der Waals surface area (Å²) in [4.78, 5) is 51.5. The lowest BCUT2D eigenvalue weighted by Crippen LogP contribution is -2.53. The molecule has 5 aliphatic rings. The number of alkyl halides is 1. The Balaban J connectivity index is 1.11. The van der Waals surface area contributed by atoms with E-state index in [0.29, 0.717) is 40.6 Å². The van der Waals surface area contributed by atoms with Gasteiger partial charge < -0.3 is 10.1 Å². The maximum atomic E-state index is 13.0. The number of esters is 1. The van der Waals surface area contributed by atoms with E-state index in [1.807, 2.05) is 0 Å². The maximum Gasteiger partial charge on any atom is 0.307 e. The van der Waals surface area contributed by atoms with Gasteiger partial charge in [0.05, 0.1) is 6.42 Å². The van der Waals surface area contributed by atoms with Crippen LogP contribution in [0.25, 0.3) is 0 Å². The minimum absolute atomic E-state index is 0.0253. The molecular weight excluding hydrogens is 522 g/mol. The summed E-state index contributed by atoms with van der Waals surface area (Å²) in [6.45, 7) is 1.56. The Bertz CT molecular complexity index is 1300. The van der Waals surface area contributed by atoms with Gasteiger partial charge in [0.25, 0.3) is 5.91 Å². The predicted octanol–water partition coefficient (Wildman–Crippen LogP) is 5.46. The first kappa shape index (κ1) is 23.6. The highest BCUT2D eigenvalue weighted by Gasteiger charge is 2.57. The Hall–Kier alpha value is -2.80. The van der Waals surface area contributed by atoms with Crippen LogP contribution >= 0.6 is 15.9 Å². The summed E-state index contributed by atoms with van der Waals surface area (Å²) in [5.74, 6) is 0.0694. The topological polar surface area (TPSA) is 89.5 Å². The molecule has 2 aromatic rings. The first-order valence-electron chi connectivity index (χ1n) is 12.7. The molecule has 0 aliphatic heterocycles. The third kappa shape index (κ3) is 4.01. The van der Waals surface area contributed by atoms with Crippen LogP contribution in [0.15, 0.2) is 42.5 Å². The zero-order valence-electron chi connectivity index (χ0n) is 20.1. The SMILES string of the molecule is C[C@@H](OC(=O)CC12C[C@@H]3C[C@H](CC(Br)(C3)C1)C2)C(=O)Nc1ccc2c(c1)C(=O)c1ccccc1C2=O. The Labute approximate surface area is 218 Å². The number of fused-ring (bicyclic) bond motifs is 2. The van der Waals surface area contributed by atoms with E-state index < -0.39 is 12.0 Å². The van der Waals surface area contributed by atoms with Crippen LogP contribution in [-0.4, -0.2) is 33.9 Å². The van der Waals surface area contributed by atoms with Gasteiger partial charge in [-0.3, -0.25) is 19.2 Å². The highest BCUT2D eigenvalue weighted by molar-refractivity contribution is 9.10. The van der Waals surface area contributed by atoms with Crippen LogP contribution in [0.3, 0.4) is 0 Å². The van der Waals surface area contributed by atoms with E-state index in [2.05, 4.69) is 21.2 Å². The summed E-state index contributed by atoms with van der Waals surface area (Å²) in [5, 5.41) is 2.73. The molecule has 1 amide bonds. The average molecular weight is 550 g/mol. The van der Waals surface area contributed by atoms with Gasteiger partial charge in [-0.25, -0.2) is 0 Å². The summed E-state index contributed by atoms with van der Waals surface area (Å²) >= 11 is 3.98. The van der Waals surface area contributed by atoms with E-state index in [9.17, 15) is 19.2 Å². The minimum atomic E-state index is -0.974. The third-order valence-corrected chi connectivity index (χ3v) is 9.43. The zero-order chi connectivity index (χ0) is 25.2. The molecule has 0 aromatic heterocycles. The standard InChI is InChI=1S/C29H28BrNO5/c1-16(36-24(32)14-28-10-17-8-18(11-28)13-29(30,12-17)15-28)27(35)31-19-6-7-22-23(9-19)26(34)21-5-3-2-4-20(21)25(22)33/h2-7,9,16-18H,8,10-15H2,1H3,(H,31,35)/t16-,17+,18+,28?,29?/m1/s1. The average Bonchev–Trinajstić information content (AvgIpc) is 2.80. The number of ketones is 2. The van der Waals surface area contributed by atoms with Gasteiger partial charge in [0, 0.05) is 32.3 Å². The summed E-state index contributed by atoms with van der Waals surface area (Å²) < 4.78 is 5.73. The van der Waals surface area contributed by atoms with Crippen molar-refractivity contribution in [2.24, 2.45) is 17.3 Å². The van der Waals surface area contributed by atoms with Gasteiger partial charge in [0.1, 0.15) is 0 Å². The normalized spacial score (nSPS) is 30.4. The Morgan fingerprint density at radius 2 is 1.58 bits per heavy atom. The van der Waals surface area contributed by atoms with Crippen molar-refractivity contribution >= 4 is 45.1 Å². The Kier molecular flexibility index (Phi) is 5.48. The van der Waals surface area contributed by atoms with Gasteiger partial charge in [-0.2, -0.15) is 0 Å². The smallest absolute Gasteiger partial charge is 0.307 e. The molecule has 36 heavy (non-hydrogen) atoms. The lowest BCUT2D eigenvalue weighted by Gasteiger charge is -2.60. The van der Waals surface area contributed by atoms with Gasteiger partial charge in [-0.1, -0.05) is 40.2 Å². The van der Waals surface area contributed by atoms with Gasteiger partial charge in [-0.15, -0.1) is 0 Å². The second kappa shape index (κ2) is 8.37. The lowest BCUT2D eigenvalue weighted by atomic mass is 9.49. The van der Waals surface area contributed by atoms with Gasteiger partial charge >= 0.3 is 5.97 Å². The molecule has 7 heteroatoms. The number of nitrogens with one attached hydrogen (secondary N) is 1. The van der Waals surface area contributed by atoms with E-state index in [-0.39, 0.29) is 32.8 Å². The molecular formula is C29H28BrNO5. The molecule has 4 saturated carbocycles. The molecule has 4 bridgehead atoms. The first-order valence-corrected chi connectivity index (χ1v) is 13.4. The fourth-order valence-electron chi connectivity index (χ4n) is 7.56. The maximum absolute atomic E-state index is 13.0. The first-order chi connectivity index (χ1) is 17.1. The highest BCUT2D eigenvalue weighted by atomic mass is 79.9. The fourth-order valence-corrected chi connectivity index (χ4v) is 9.07. The van der Waals surface area contributed by atoms with Gasteiger partial charge in [-0.05, 0) is 80.9 Å². The van der Waals surface area contributed by atoms with Crippen molar-refractivity contribution in [3.8, 4) is 0 Å². The van der Waals surface area contributed by atoms with Crippen molar-refractivity contribution in [1.82, 2.24) is 0 Å². The molecule has 0 heterocycles. The zero-order valence-corrected chi connectivity index (χ0v) is 21.7. The molecule has 2 aromatic carbocycles. The van der Waals surface area contributed by atoms with E-state index in [0.717, 1.165) is 19.3 Å². The van der Waals surface area contributed by atoms with Gasteiger partial charge in [0.15, 0.2) is 17.7 Å². The minimum Gasteiger partial charge on any atom is -0.453 e. The van der Waals surface area contributed by atoms with Crippen molar-refractivity contribution in [1.29, 1.82) is 0 Å². The molecule has 0 unspecified atom stereocenters. The number of rotatable bonds is 5. The second-order valence-corrected chi connectivity index (χ2v) is 13.1. The van der Waals surface area contributed by atoms with E-state index in [4.69, 9.17) is 4.74 Å². The van der Waals surface area contributed by atoms with Crippen molar-refractivity contribution < 1.29 is 23.9 Å². The lowest BCUT2D eigenvalue weighted by molar-refractivity contribution is -0.159. The Morgan fingerprint density at radius 1 is 0.972 bits per heavy atom. The van der Waals surface area contributed by atoms with Crippen LogP contribution in [0.5, 0.6) is 0 Å². The molecule has 5 aliphatic carbocycles. The number of carbonyl (C=O) groups excluding carboxylic acids is 4. The van der Waals surface area contributed by atoms with Crippen LogP contribution in [0.4, 0.5) is 5.69 Å². The quantitative estimate of drug-likeness (QED) is 0.337. The van der Waals surface area contributed by atoms with E-state index in [1.165, 1.54) is 25.3 Å². The molecule has 7 rings (SSSR count). The summed E-state index contributed by atoms with van der Waals surface area (Å²) in [6, 6.07) is 11.4. The van der Waals surface area contributed by atoms with Crippen LogP contribution in [0.2, 0.25) is 0 Å².